The number of halogens is 3. The van der Waals surface area contributed by atoms with Crippen LogP contribution in [0.4, 0.5) is 0 Å². The van der Waals surface area contributed by atoms with Crippen LogP contribution >= 0.6 is 46.1 Å². The van der Waals surface area contributed by atoms with E-state index >= 15 is 0 Å². The van der Waals surface area contributed by atoms with Gasteiger partial charge in [0.05, 0.1) is 22.8 Å². The normalized spacial score (nSPS) is 10.9. The van der Waals surface area contributed by atoms with Gasteiger partial charge in [-0.2, -0.15) is 0 Å². The predicted octanol–water partition coefficient (Wildman–Crippen LogP) is 8.11. The molecule has 0 spiro atoms. The molecule has 2 nitrogen and oxygen atoms in total. The SMILES string of the molecule is COc1ccc(Cl)c(-c2ccc(-c3nc(-c4ccc(Cl)c(Cl)c4)cs3)cc2)c1. The first-order valence-electron chi connectivity index (χ1n) is 8.40. The summed E-state index contributed by atoms with van der Waals surface area (Å²) >= 11 is 20.1. The lowest BCUT2D eigenvalue weighted by Gasteiger charge is -2.08. The number of ether oxygens (including phenoxy) is 1. The van der Waals surface area contributed by atoms with Gasteiger partial charge in [-0.25, -0.2) is 4.98 Å². The largest absolute Gasteiger partial charge is 0.497 e. The molecule has 0 bridgehead atoms. The lowest BCUT2D eigenvalue weighted by atomic mass is 10.0. The highest BCUT2D eigenvalue weighted by Gasteiger charge is 2.10. The zero-order valence-corrected chi connectivity index (χ0v) is 17.8. The van der Waals surface area contributed by atoms with Crippen molar-refractivity contribution in [3.05, 3.63) is 81.1 Å². The first kappa shape index (κ1) is 19.3. The third-order valence-corrected chi connectivity index (χ3v) is 6.30. The highest BCUT2D eigenvalue weighted by molar-refractivity contribution is 7.13. The van der Waals surface area contributed by atoms with E-state index in [2.05, 4.69) is 0 Å². The van der Waals surface area contributed by atoms with Gasteiger partial charge >= 0.3 is 0 Å². The minimum Gasteiger partial charge on any atom is -0.497 e. The van der Waals surface area contributed by atoms with Crippen molar-refractivity contribution in [1.82, 2.24) is 4.98 Å². The molecule has 0 unspecified atom stereocenters. The van der Waals surface area contributed by atoms with E-state index in [1.807, 2.05) is 60.0 Å². The fraction of sp³-hybridized carbons (Fsp3) is 0.0455. The smallest absolute Gasteiger partial charge is 0.124 e. The number of methoxy groups -OCH3 is 1. The molecule has 1 aromatic heterocycles. The van der Waals surface area contributed by atoms with E-state index in [-0.39, 0.29) is 0 Å². The van der Waals surface area contributed by atoms with Crippen LogP contribution in [-0.4, -0.2) is 12.1 Å². The van der Waals surface area contributed by atoms with Gasteiger partial charge in [0.15, 0.2) is 0 Å². The Labute approximate surface area is 182 Å². The summed E-state index contributed by atoms with van der Waals surface area (Å²) in [6.45, 7) is 0. The van der Waals surface area contributed by atoms with E-state index in [0.717, 1.165) is 38.7 Å². The molecule has 0 aliphatic carbocycles. The van der Waals surface area contributed by atoms with E-state index in [1.165, 1.54) is 0 Å². The number of hydrogen-bond donors (Lipinski definition) is 0. The second-order valence-corrected chi connectivity index (χ2v) is 8.17. The molecule has 0 saturated heterocycles. The van der Waals surface area contributed by atoms with E-state index in [4.69, 9.17) is 44.5 Å². The summed E-state index contributed by atoms with van der Waals surface area (Å²) in [5.41, 5.74) is 4.81. The second-order valence-electron chi connectivity index (χ2n) is 6.09. The Morgan fingerprint density at radius 1 is 0.750 bits per heavy atom. The summed E-state index contributed by atoms with van der Waals surface area (Å²) in [4.78, 5) is 4.74. The molecule has 4 aromatic rings. The van der Waals surface area contributed by atoms with E-state index in [0.29, 0.717) is 15.1 Å². The molecule has 0 aliphatic rings. The maximum absolute atomic E-state index is 6.35. The number of aromatic nitrogens is 1. The van der Waals surface area contributed by atoms with Crippen molar-refractivity contribution in [3.8, 4) is 38.7 Å². The summed E-state index contributed by atoms with van der Waals surface area (Å²) in [5, 5.41) is 4.69. The second kappa shape index (κ2) is 8.14. The van der Waals surface area contributed by atoms with Gasteiger partial charge in [0.1, 0.15) is 10.8 Å². The predicted molar refractivity (Wildman–Crippen MR) is 120 cm³/mol. The Balaban J connectivity index is 1.63. The van der Waals surface area contributed by atoms with Gasteiger partial charge in [-0.15, -0.1) is 11.3 Å². The average Bonchev–Trinajstić information content (AvgIpc) is 3.21. The standard InChI is InChI=1S/C22H14Cl3NOS/c1-27-16-7-9-18(23)17(11-16)13-2-4-14(5-3-13)22-26-21(12-28-22)15-6-8-19(24)20(25)10-15/h2-12H,1H3. The molecule has 0 amide bonds. The molecule has 140 valence electrons. The van der Waals surface area contributed by atoms with Gasteiger partial charge in [0.25, 0.3) is 0 Å². The van der Waals surface area contributed by atoms with Crippen LogP contribution in [0.2, 0.25) is 15.1 Å². The minimum absolute atomic E-state index is 0.522. The van der Waals surface area contributed by atoms with Crippen LogP contribution in [0.15, 0.2) is 66.0 Å². The lowest BCUT2D eigenvalue weighted by Crippen LogP contribution is -1.86. The topological polar surface area (TPSA) is 22.1 Å². The van der Waals surface area contributed by atoms with Crippen molar-refractivity contribution in [2.45, 2.75) is 0 Å². The summed E-state index contributed by atoms with van der Waals surface area (Å²) in [6, 6.07) is 19.3. The van der Waals surface area contributed by atoms with E-state index in [9.17, 15) is 0 Å². The van der Waals surface area contributed by atoms with E-state index < -0.39 is 0 Å². The van der Waals surface area contributed by atoms with Gasteiger partial charge in [-0.05, 0) is 35.9 Å². The fourth-order valence-corrected chi connectivity index (χ4v) is 4.20. The van der Waals surface area contributed by atoms with Gasteiger partial charge in [0.2, 0.25) is 0 Å². The van der Waals surface area contributed by atoms with Crippen molar-refractivity contribution in [3.63, 3.8) is 0 Å². The molecule has 0 atom stereocenters. The zero-order chi connectivity index (χ0) is 19.7. The molecule has 3 aromatic carbocycles. The van der Waals surface area contributed by atoms with Crippen LogP contribution in [-0.2, 0) is 0 Å². The van der Waals surface area contributed by atoms with Crippen LogP contribution in [0.3, 0.4) is 0 Å². The number of rotatable bonds is 4. The summed E-state index contributed by atoms with van der Waals surface area (Å²) in [6.07, 6.45) is 0. The molecule has 6 heteroatoms. The van der Waals surface area contributed by atoms with Crippen LogP contribution in [0.1, 0.15) is 0 Å². The Bertz CT molecular complexity index is 1140. The molecule has 0 saturated carbocycles. The van der Waals surface area contributed by atoms with Gasteiger partial charge in [-0.1, -0.05) is 65.1 Å². The van der Waals surface area contributed by atoms with Gasteiger partial charge in [-0.3, -0.25) is 0 Å². The summed E-state index contributed by atoms with van der Waals surface area (Å²) in [7, 11) is 1.64. The van der Waals surface area contributed by atoms with Crippen LogP contribution in [0, 0.1) is 0 Å². The summed E-state index contributed by atoms with van der Waals surface area (Å²) in [5.74, 6) is 0.773. The number of thiazole rings is 1. The molecular formula is C22H14Cl3NOS. The maximum Gasteiger partial charge on any atom is 0.124 e. The quantitative estimate of drug-likeness (QED) is 0.316. The third-order valence-electron chi connectivity index (χ3n) is 4.34. The Morgan fingerprint density at radius 3 is 2.14 bits per heavy atom. The Morgan fingerprint density at radius 2 is 1.43 bits per heavy atom. The molecule has 0 N–H and O–H groups in total. The third kappa shape index (κ3) is 3.89. The van der Waals surface area contributed by atoms with Crippen LogP contribution in [0.5, 0.6) is 5.75 Å². The number of hydrogen-bond acceptors (Lipinski definition) is 3. The van der Waals surface area contributed by atoms with Crippen molar-refractivity contribution < 1.29 is 4.74 Å². The maximum atomic E-state index is 6.35. The Kier molecular flexibility index (Phi) is 5.61. The average molecular weight is 447 g/mol. The highest BCUT2D eigenvalue weighted by atomic mass is 35.5. The summed E-state index contributed by atoms with van der Waals surface area (Å²) < 4.78 is 5.30. The van der Waals surface area contributed by atoms with Crippen LogP contribution in [0.25, 0.3) is 33.0 Å². The molecule has 0 radical (unpaired) electrons. The Hall–Kier alpha value is -2.04. The lowest BCUT2D eigenvalue weighted by molar-refractivity contribution is 0.415. The minimum atomic E-state index is 0.522. The number of nitrogens with zero attached hydrogens (tertiary/aromatic N) is 1. The highest BCUT2D eigenvalue weighted by Crippen LogP contribution is 2.35. The molecular weight excluding hydrogens is 433 g/mol. The monoisotopic (exact) mass is 445 g/mol. The molecule has 0 aliphatic heterocycles. The fourth-order valence-electron chi connectivity index (χ4n) is 2.84. The van der Waals surface area contributed by atoms with E-state index in [1.54, 1.807) is 24.5 Å². The van der Waals surface area contributed by atoms with Crippen molar-refractivity contribution in [2.24, 2.45) is 0 Å². The molecule has 0 fully saturated rings. The molecule has 1 heterocycles. The molecule has 28 heavy (non-hydrogen) atoms. The van der Waals surface area contributed by atoms with Crippen molar-refractivity contribution in [1.29, 1.82) is 0 Å². The molecule has 4 rings (SSSR count). The first-order chi connectivity index (χ1) is 13.5. The number of benzene rings is 3. The van der Waals surface area contributed by atoms with Gasteiger partial charge in [0, 0.05) is 27.1 Å². The van der Waals surface area contributed by atoms with Crippen molar-refractivity contribution in [2.75, 3.05) is 7.11 Å². The van der Waals surface area contributed by atoms with Crippen LogP contribution < -0.4 is 4.74 Å². The first-order valence-corrected chi connectivity index (χ1v) is 10.4. The van der Waals surface area contributed by atoms with Crippen molar-refractivity contribution >= 4 is 46.1 Å². The van der Waals surface area contributed by atoms with Gasteiger partial charge < -0.3 is 4.74 Å². The zero-order valence-electron chi connectivity index (χ0n) is 14.7.